The first kappa shape index (κ1) is 28.6. The molecule has 10 heteroatoms. The molecule has 0 aliphatic carbocycles. The summed E-state index contributed by atoms with van der Waals surface area (Å²) in [5.41, 5.74) is 4.52. The molecule has 0 spiro atoms. The van der Waals surface area contributed by atoms with Crippen molar-refractivity contribution in [2.75, 3.05) is 35.4 Å². The van der Waals surface area contributed by atoms with Crippen molar-refractivity contribution in [2.24, 2.45) is 0 Å². The maximum atomic E-state index is 12.9. The summed E-state index contributed by atoms with van der Waals surface area (Å²) in [6.07, 6.45) is 0.805. The van der Waals surface area contributed by atoms with Gasteiger partial charge in [-0.2, -0.15) is 5.26 Å². The minimum atomic E-state index is -0.141. The molecule has 1 amide bonds. The Morgan fingerprint density at radius 3 is 2.68 bits per heavy atom. The summed E-state index contributed by atoms with van der Waals surface area (Å²) in [6, 6.07) is 28.0. The van der Waals surface area contributed by atoms with Gasteiger partial charge in [-0.25, -0.2) is 0 Å². The van der Waals surface area contributed by atoms with Gasteiger partial charge in [0.05, 0.1) is 24.1 Å². The zero-order valence-corrected chi connectivity index (χ0v) is 24.9. The van der Waals surface area contributed by atoms with Gasteiger partial charge in [-0.1, -0.05) is 48.5 Å². The maximum Gasteiger partial charge on any atom is 0.235 e. The Labute approximate surface area is 253 Å². The molecule has 0 saturated carbocycles. The van der Waals surface area contributed by atoms with Gasteiger partial charge in [0.15, 0.2) is 5.11 Å². The molecule has 4 aromatic rings. The van der Waals surface area contributed by atoms with Gasteiger partial charge in [0, 0.05) is 35.1 Å². The lowest BCUT2D eigenvalue weighted by Gasteiger charge is -2.26. The van der Waals surface area contributed by atoms with Crippen molar-refractivity contribution in [1.29, 1.82) is 5.26 Å². The van der Waals surface area contributed by atoms with Crippen molar-refractivity contribution in [3.8, 4) is 11.8 Å². The quantitative estimate of drug-likeness (QED) is 0.144. The SMILES string of the molecule is COc1ccccc1NC(=S)Nc1cccc(SCC(=O)Nc2sc3c(c2C#N)CCN(Cc2ccccc2)C3)c1. The van der Waals surface area contributed by atoms with Crippen molar-refractivity contribution in [3.63, 3.8) is 0 Å². The van der Waals surface area contributed by atoms with Gasteiger partial charge in [-0.15, -0.1) is 23.1 Å². The summed E-state index contributed by atoms with van der Waals surface area (Å²) < 4.78 is 5.37. The molecule has 3 aromatic carbocycles. The van der Waals surface area contributed by atoms with Gasteiger partial charge < -0.3 is 20.7 Å². The molecule has 41 heavy (non-hydrogen) atoms. The van der Waals surface area contributed by atoms with Crippen LogP contribution in [-0.4, -0.2) is 35.3 Å². The van der Waals surface area contributed by atoms with E-state index in [2.05, 4.69) is 51.2 Å². The first-order valence-corrected chi connectivity index (χ1v) is 15.3. The average Bonchev–Trinajstić information content (AvgIpc) is 3.33. The molecule has 1 aliphatic rings. The molecule has 0 bridgehead atoms. The molecular formula is C31H29N5O2S3. The molecule has 0 saturated heterocycles. The van der Waals surface area contributed by atoms with Crippen molar-refractivity contribution < 1.29 is 9.53 Å². The molecular weight excluding hydrogens is 571 g/mol. The minimum Gasteiger partial charge on any atom is -0.495 e. The number of carbonyl (C=O) groups excluding carboxylic acids is 1. The fraction of sp³-hybridized carbons (Fsp3) is 0.194. The highest BCUT2D eigenvalue weighted by atomic mass is 32.2. The van der Waals surface area contributed by atoms with E-state index in [1.54, 1.807) is 7.11 Å². The van der Waals surface area contributed by atoms with E-state index in [0.717, 1.165) is 52.8 Å². The van der Waals surface area contributed by atoms with E-state index in [1.807, 2.05) is 54.6 Å². The number of nitrogens with zero attached hydrogens (tertiary/aromatic N) is 2. The largest absolute Gasteiger partial charge is 0.495 e. The third-order valence-corrected chi connectivity index (χ3v) is 8.90. The Kier molecular flexibility index (Phi) is 9.54. The van der Waals surface area contributed by atoms with Crippen LogP contribution >= 0.6 is 35.3 Å². The number of thiocarbonyl (C=S) groups is 1. The van der Waals surface area contributed by atoms with Crippen molar-refractivity contribution >= 4 is 62.7 Å². The van der Waals surface area contributed by atoms with Gasteiger partial charge in [0.1, 0.15) is 16.8 Å². The first-order valence-electron chi connectivity index (χ1n) is 13.1. The average molecular weight is 600 g/mol. The van der Waals surface area contributed by atoms with Crippen LogP contribution in [0.15, 0.2) is 83.8 Å². The predicted molar refractivity (Wildman–Crippen MR) is 172 cm³/mol. The Bertz CT molecular complexity index is 1580. The normalized spacial score (nSPS) is 12.6. The van der Waals surface area contributed by atoms with E-state index in [9.17, 15) is 10.1 Å². The Hall–Kier alpha value is -3.88. The van der Waals surface area contributed by atoms with E-state index in [1.165, 1.54) is 28.7 Å². The monoisotopic (exact) mass is 599 g/mol. The fourth-order valence-electron chi connectivity index (χ4n) is 4.65. The van der Waals surface area contributed by atoms with E-state index < -0.39 is 0 Å². The van der Waals surface area contributed by atoms with Crippen LogP contribution < -0.4 is 20.7 Å². The molecule has 0 unspecified atom stereocenters. The van der Waals surface area contributed by atoms with Gasteiger partial charge >= 0.3 is 0 Å². The highest BCUT2D eigenvalue weighted by molar-refractivity contribution is 8.00. The van der Waals surface area contributed by atoms with E-state index in [-0.39, 0.29) is 11.7 Å². The number of ether oxygens (including phenoxy) is 1. The van der Waals surface area contributed by atoms with Crippen LogP contribution in [0.2, 0.25) is 0 Å². The lowest BCUT2D eigenvalue weighted by molar-refractivity contribution is -0.113. The number of rotatable bonds is 9. The van der Waals surface area contributed by atoms with Crippen LogP contribution in [0, 0.1) is 11.3 Å². The van der Waals surface area contributed by atoms with Gasteiger partial charge in [-0.3, -0.25) is 9.69 Å². The lowest BCUT2D eigenvalue weighted by Crippen LogP contribution is -2.29. The van der Waals surface area contributed by atoms with Crippen LogP contribution in [-0.2, 0) is 24.3 Å². The smallest absolute Gasteiger partial charge is 0.235 e. The summed E-state index contributed by atoms with van der Waals surface area (Å²) in [5, 5.41) is 20.3. The van der Waals surface area contributed by atoms with Gasteiger partial charge in [-0.05, 0) is 60.1 Å². The minimum absolute atomic E-state index is 0.141. The molecule has 208 valence electrons. The Morgan fingerprint density at radius 1 is 1.07 bits per heavy atom. The highest BCUT2D eigenvalue weighted by Crippen LogP contribution is 2.37. The molecule has 2 heterocycles. The van der Waals surface area contributed by atoms with Crippen LogP contribution in [0.25, 0.3) is 0 Å². The predicted octanol–water partition coefficient (Wildman–Crippen LogP) is 6.73. The number of hydrogen-bond donors (Lipinski definition) is 3. The number of nitriles is 1. The number of thiophene rings is 1. The number of nitrogens with one attached hydrogen (secondary N) is 3. The van der Waals surface area contributed by atoms with Crippen LogP contribution in [0.3, 0.4) is 0 Å². The zero-order chi connectivity index (χ0) is 28.6. The highest BCUT2D eigenvalue weighted by Gasteiger charge is 2.25. The van der Waals surface area contributed by atoms with E-state index in [4.69, 9.17) is 17.0 Å². The van der Waals surface area contributed by atoms with Crippen LogP contribution in [0.4, 0.5) is 16.4 Å². The molecule has 5 rings (SSSR count). The standard InChI is InChI=1S/C31H29N5O2S3/c1-38-27-13-6-5-12-26(27)34-31(39)33-22-10-7-11-23(16-22)40-20-29(37)35-30-25(17-32)24-14-15-36(19-28(24)41-30)18-21-8-3-2-4-9-21/h2-13,16H,14-15,18-20H2,1H3,(H,35,37)(H2,33,34,39). The fourth-order valence-corrected chi connectivity index (χ4v) is 6.89. The van der Waals surface area contributed by atoms with Crippen LogP contribution in [0.5, 0.6) is 5.75 Å². The topological polar surface area (TPSA) is 89.4 Å². The van der Waals surface area contributed by atoms with Gasteiger partial charge in [0.2, 0.25) is 5.91 Å². The van der Waals surface area contributed by atoms with E-state index >= 15 is 0 Å². The summed E-state index contributed by atoms with van der Waals surface area (Å²) >= 11 is 8.42. The van der Waals surface area contributed by atoms with Crippen molar-refractivity contribution in [1.82, 2.24) is 4.90 Å². The second kappa shape index (κ2) is 13.7. The van der Waals surface area contributed by atoms with Crippen molar-refractivity contribution in [3.05, 3.63) is 100 Å². The third kappa shape index (κ3) is 7.45. The number of hydrogen-bond acceptors (Lipinski definition) is 7. The first-order chi connectivity index (χ1) is 20.0. The molecule has 0 fully saturated rings. The van der Waals surface area contributed by atoms with E-state index in [0.29, 0.717) is 21.4 Å². The lowest BCUT2D eigenvalue weighted by atomic mass is 10.0. The second-order valence-electron chi connectivity index (χ2n) is 9.41. The summed E-state index contributed by atoms with van der Waals surface area (Å²) in [5.74, 6) is 0.779. The molecule has 0 radical (unpaired) electrons. The number of methoxy groups -OCH3 is 1. The number of anilines is 3. The summed E-state index contributed by atoms with van der Waals surface area (Å²) in [7, 11) is 1.61. The molecule has 1 aromatic heterocycles. The number of carbonyl (C=O) groups is 1. The maximum absolute atomic E-state index is 12.9. The third-order valence-electron chi connectivity index (χ3n) is 6.57. The number of thioether (sulfide) groups is 1. The van der Waals surface area contributed by atoms with Crippen molar-refractivity contribution in [2.45, 2.75) is 24.4 Å². The molecule has 3 N–H and O–H groups in total. The zero-order valence-electron chi connectivity index (χ0n) is 22.5. The summed E-state index contributed by atoms with van der Waals surface area (Å²) in [4.78, 5) is 17.4. The molecule has 1 aliphatic heterocycles. The number of para-hydroxylation sites is 2. The Morgan fingerprint density at radius 2 is 1.88 bits per heavy atom. The van der Waals surface area contributed by atoms with Crippen LogP contribution in [0.1, 0.15) is 21.6 Å². The second-order valence-corrected chi connectivity index (χ2v) is 12.0. The molecule has 0 atom stereocenters. The number of amides is 1. The summed E-state index contributed by atoms with van der Waals surface area (Å²) in [6.45, 7) is 2.54. The molecule has 7 nitrogen and oxygen atoms in total. The number of benzene rings is 3. The number of fused-ring (bicyclic) bond motifs is 1. The van der Waals surface area contributed by atoms with Gasteiger partial charge in [0.25, 0.3) is 0 Å². The Balaban J connectivity index is 1.16.